The van der Waals surface area contributed by atoms with Gasteiger partial charge in [-0.25, -0.2) is 0 Å². The molecule has 2 heterocycles. The van der Waals surface area contributed by atoms with Gasteiger partial charge in [0.1, 0.15) is 17.5 Å². The van der Waals surface area contributed by atoms with E-state index < -0.39 is 5.91 Å². The van der Waals surface area contributed by atoms with Gasteiger partial charge in [-0.1, -0.05) is 34.1 Å². The number of primary amides is 1. The van der Waals surface area contributed by atoms with Crippen molar-refractivity contribution in [3.8, 4) is 5.75 Å². The van der Waals surface area contributed by atoms with E-state index in [4.69, 9.17) is 10.5 Å². The van der Waals surface area contributed by atoms with Crippen LogP contribution in [0.3, 0.4) is 0 Å². The summed E-state index contributed by atoms with van der Waals surface area (Å²) in [6.45, 7) is 1.05. The van der Waals surface area contributed by atoms with Crippen molar-refractivity contribution in [1.29, 1.82) is 0 Å². The van der Waals surface area contributed by atoms with Gasteiger partial charge in [0.15, 0.2) is 0 Å². The fourth-order valence-electron chi connectivity index (χ4n) is 2.44. The highest BCUT2D eigenvalue weighted by atomic mass is 79.9. The molecule has 1 aromatic heterocycles. The first-order valence-electron chi connectivity index (χ1n) is 7.46. The van der Waals surface area contributed by atoms with Crippen LogP contribution < -0.4 is 10.5 Å². The number of rotatable bonds is 5. The summed E-state index contributed by atoms with van der Waals surface area (Å²) in [7, 11) is 0. The van der Waals surface area contributed by atoms with Crippen molar-refractivity contribution in [2.75, 3.05) is 13.1 Å². The number of hydrogen-bond donors (Lipinski definition) is 1. The molecule has 1 aromatic carbocycles. The van der Waals surface area contributed by atoms with E-state index in [-0.39, 0.29) is 17.7 Å². The lowest BCUT2D eigenvalue weighted by atomic mass is 10.1. The summed E-state index contributed by atoms with van der Waals surface area (Å²) in [6, 6.07) is 10.9. The van der Waals surface area contributed by atoms with Crippen LogP contribution in [0.1, 0.15) is 16.1 Å². The Labute approximate surface area is 147 Å². The van der Waals surface area contributed by atoms with Crippen LogP contribution in [0.15, 0.2) is 47.1 Å². The van der Waals surface area contributed by atoms with E-state index in [1.807, 2.05) is 24.3 Å². The van der Waals surface area contributed by atoms with Crippen LogP contribution in [0.2, 0.25) is 0 Å². The summed E-state index contributed by atoms with van der Waals surface area (Å²) in [5, 5.41) is 0. The molecule has 6 nitrogen and oxygen atoms in total. The van der Waals surface area contributed by atoms with Crippen LogP contribution in [0.5, 0.6) is 5.75 Å². The third-order valence-corrected chi connectivity index (χ3v) is 4.56. The maximum absolute atomic E-state index is 12.3. The normalized spacial score (nSPS) is 14.1. The fourth-order valence-corrected chi connectivity index (χ4v) is 2.87. The summed E-state index contributed by atoms with van der Waals surface area (Å²) in [5.74, 6) is -0.00434. The number of likely N-dealkylation sites (tertiary alicyclic amines) is 1. The van der Waals surface area contributed by atoms with Crippen molar-refractivity contribution in [3.63, 3.8) is 0 Å². The Morgan fingerprint density at radius 1 is 1.29 bits per heavy atom. The van der Waals surface area contributed by atoms with Gasteiger partial charge in [0.05, 0.1) is 19.5 Å². The number of halogens is 1. The van der Waals surface area contributed by atoms with Gasteiger partial charge in [-0.15, -0.1) is 0 Å². The van der Waals surface area contributed by atoms with E-state index in [0.29, 0.717) is 25.3 Å². The van der Waals surface area contributed by atoms with Gasteiger partial charge in [0, 0.05) is 16.7 Å². The third-order valence-electron chi connectivity index (χ3n) is 3.79. The quantitative estimate of drug-likeness (QED) is 0.844. The Hall–Kier alpha value is -2.41. The second kappa shape index (κ2) is 7.00. The van der Waals surface area contributed by atoms with E-state index in [0.717, 1.165) is 10.0 Å². The zero-order valence-corrected chi connectivity index (χ0v) is 14.4. The topological polar surface area (TPSA) is 85.5 Å². The number of nitrogens with two attached hydrogens (primary N) is 1. The molecular weight excluding hydrogens is 374 g/mol. The number of hydrogen-bond acceptors (Lipinski definition) is 4. The molecule has 0 atom stereocenters. The number of nitrogens with zero attached hydrogens (tertiary/aromatic N) is 2. The Morgan fingerprint density at radius 3 is 2.75 bits per heavy atom. The smallest absolute Gasteiger partial charge is 0.267 e. The molecule has 3 rings (SSSR count). The van der Waals surface area contributed by atoms with E-state index in [2.05, 4.69) is 20.9 Å². The van der Waals surface area contributed by atoms with Gasteiger partial charge in [0.2, 0.25) is 5.91 Å². The minimum absolute atomic E-state index is 0.0642. The monoisotopic (exact) mass is 389 g/mol. The van der Waals surface area contributed by atoms with E-state index in [1.165, 1.54) is 12.3 Å². The van der Waals surface area contributed by atoms with Crippen molar-refractivity contribution in [2.24, 2.45) is 5.73 Å². The largest absolute Gasteiger partial charge is 0.487 e. The maximum Gasteiger partial charge on any atom is 0.267 e. The van der Waals surface area contributed by atoms with Crippen molar-refractivity contribution in [3.05, 3.63) is 58.3 Å². The van der Waals surface area contributed by atoms with E-state index >= 15 is 0 Å². The highest BCUT2D eigenvalue weighted by Crippen LogP contribution is 2.21. The summed E-state index contributed by atoms with van der Waals surface area (Å²) in [4.78, 5) is 29.0. The van der Waals surface area contributed by atoms with Gasteiger partial charge in [-0.3, -0.25) is 14.6 Å². The minimum Gasteiger partial charge on any atom is -0.487 e. The number of benzene rings is 1. The molecule has 1 fully saturated rings. The standard InChI is InChI=1S/C17H16BrN3O3/c18-14-4-2-1-3-11(14)7-16(22)21-9-13(10-21)24-12-5-6-20-15(8-12)17(19)23/h1-6,8,13H,7,9-10H2,(H2,19,23). The van der Waals surface area contributed by atoms with Crippen molar-refractivity contribution < 1.29 is 14.3 Å². The summed E-state index contributed by atoms with van der Waals surface area (Å²) >= 11 is 3.45. The number of ether oxygens (including phenoxy) is 1. The molecule has 1 aliphatic rings. The van der Waals surface area contributed by atoms with Gasteiger partial charge in [-0.2, -0.15) is 0 Å². The molecule has 2 amide bonds. The fraction of sp³-hybridized carbons (Fsp3) is 0.235. The van der Waals surface area contributed by atoms with Crippen molar-refractivity contribution >= 4 is 27.7 Å². The molecule has 2 aromatic rings. The van der Waals surface area contributed by atoms with Crippen molar-refractivity contribution in [1.82, 2.24) is 9.88 Å². The zero-order valence-electron chi connectivity index (χ0n) is 12.8. The first-order chi connectivity index (χ1) is 11.5. The summed E-state index contributed by atoms with van der Waals surface area (Å²) in [6.07, 6.45) is 1.75. The van der Waals surface area contributed by atoms with Gasteiger partial charge in [-0.05, 0) is 17.7 Å². The Balaban J connectivity index is 1.52. The number of pyridine rings is 1. The van der Waals surface area contributed by atoms with Crippen LogP contribution in [-0.2, 0) is 11.2 Å². The first kappa shape index (κ1) is 16.4. The highest BCUT2D eigenvalue weighted by Gasteiger charge is 2.32. The zero-order chi connectivity index (χ0) is 17.1. The van der Waals surface area contributed by atoms with Crippen LogP contribution in [0.25, 0.3) is 0 Å². The molecule has 1 saturated heterocycles. The van der Waals surface area contributed by atoms with Gasteiger partial charge < -0.3 is 15.4 Å². The molecule has 0 unspecified atom stereocenters. The Morgan fingerprint density at radius 2 is 2.04 bits per heavy atom. The average molecular weight is 390 g/mol. The Bertz CT molecular complexity index is 775. The van der Waals surface area contributed by atoms with Crippen molar-refractivity contribution in [2.45, 2.75) is 12.5 Å². The molecule has 0 saturated carbocycles. The SMILES string of the molecule is NC(=O)c1cc(OC2CN(C(=O)Cc3ccccc3Br)C2)ccn1. The van der Waals surface area contributed by atoms with Crippen LogP contribution in [-0.4, -0.2) is 40.9 Å². The number of carbonyl (C=O) groups is 2. The van der Waals surface area contributed by atoms with E-state index in [9.17, 15) is 9.59 Å². The van der Waals surface area contributed by atoms with Crippen LogP contribution in [0.4, 0.5) is 0 Å². The maximum atomic E-state index is 12.3. The predicted octanol–water partition coefficient (Wildman–Crippen LogP) is 1.78. The molecule has 0 aliphatic carbocycles. The molecule has 0 spiro atoms. The molecule has 2 N–H and O–H groups in total. The van der Waals surface area contributed by atoms with Crippen LogP contribution in [0, 0.1) is 0 Å². The molecular formula is C17H16BrN3O3. The molecule has 24 heavy (non-hydrogen) atoms. The average Bonchev–Trinajstić information content (AvgIpc) is 2.53. The second-order valence-electron chi connectivity index (χ2n) is 5.55. The molecule has 124 valence electrons. The highest BCUT2D eigenvalue weighted by molar-refractivity contribution is 9.10. The molecule has 0 bridgehead atoms. The molecule has 0 radical (unpaired) electrons. The molecule has 7 heteroatoms. The Kier molecular flexibility index (Phi) is 4.80. The second-order valence-corrected chi connectivity index (χ2v) is 6.40. The third kappa shape index (κ3) is 3.73. The van der Waals surface area contributed by atoms with E-state index in [1.54, 1.807) is 11.0 Å². The van der Waals surface area contributed by atoms with Crippen LogP contribution >= 0.6 is 15.9 Å². The lowest BCUT2D eigenvalue weighted by Crippen LogP contribution is -2.56. The summed E-state index contributed by atoms with van der Waals surface area (Å²) < 4.78 is 6.68. The summed E-state index contributed by atoms with van der Waals surface area (Å²) in [5.41, 5.74) is 6.32. The van der Waals surface area contributed by atoms with Gasteiger partial charge >= 0.3 is 0 Å². The lowest BCUT2D eigenvalue weighted by Gasteiger charge is -2.39. The number of carbonyl (C=O) groups excluding carboxylic acids is 2. The first-order valence-corrected chi connectivity index (χ1v) is 8.26. The van der Waals surface area contributed by atoms with Gasteiger partial charge in [0.25, 0.3) is 5.91 Å². The number of aromatic nitrogens is 1. The lowest BCUT2D eigenvalue weighted by molar-refractivity contribution is -0.139. The minimum atomic E-state index is -0.598. The molecule has 1 aliphatic heterocycles. The predicted molar refractivity (Wildman–Crippen MR) is 91.6 cm³/mol. The number of amides is 2.